The van der Waals surface area contributed by atoms with Crippen molar-refractivity contribution in [2.75, 3.05) is 0 Å². The molecule has 78 valence electrons. The molecule has 0 bridgehead atoms. The standard InChI is InChI=1S/C11H10FNO2/c12-11-7-8(3-4-13-11)6-9(14)10-2-1-5-15-10/h1,3-5,7,10H,2,6H2. The SMILES string of the molecule is O=C(Cc1ccnc(F)c1)C1CC=CO1. The first-order chi connectivity index (χ1) is 7.25. The summed E-state index contributed by atoms with van der Waals surface area (Å²) in [6.45, 7) is 0. The van der Waals surface area contributed by atoms with Gasteiger partial charge in [-0.2, -0.15) is 4.39 Å². The van der Waals surface area contributed by atoms with Crippen LogP contribution in [0.5, 0.6) is 0 Å². The van der Waals surface area contributed by atoms with Crippen LogP contribution < -0.4 is 0 Å². The number of carbonyl (C=O) groups is 1. The second kappa shape index (κ2) is 4.21. The number of rotatable bonds is 3. The second-order valence-electron chi connectivity index (χ2n) is 3.36. The molecule has 0 aromatic carbocycles. The number of ketones is 1. The van der Waals surface area contributed by atoms with Crippen LogP contribution in [0.3, 0.4) is 0 Å². The van der Waals surface area contributed by atoms with Crippen molar-refractivity contribution in [2.24, 2.45) is 0 Å². The van der Waals surface area contributed by atoms with Crippen molar-refractivity contribution in [3.63, 3.8) is 0 Å². The van der Waals surface area contributed by atoms with Crippen molar-refractivity contribution in [1.29, 1.82) is 0 Å². The molecule has 0 radical (unpaired) electrons. The summed E-state index contributed by atoms with van der Waals surface area (Å²) in [6.07, 6.45) is 5.07. The highest BCUT2D eigenvalue weighted by molar-refractivity contribution is 5.85. The Labute approximate surface area is 86.6 Å². The summed E-state index contributed by atoms with van der Waals surface area (Å²) in [5.41, 5.74) is 0.628. The number of halogens is 1. The normalized spacial score (nSPS) is 18.9. The molecule has 2 rings (SSSR count). The molecule has 0 amide bonds. The molecule has 1 aliphatic heterocycles. The third kappa shape index (κ3) is 2.40. The zero-order valence-corrected chi connectivity index (χ0v) is 8.02. The molecule has 1 atom stereocenters. The fourth-order valence-electron chi connectivity index (χ4n) is 1.46. The molecular weight excluding hydrogens is 197 g/mol. The lowest BCUT2D eigenvalue weighted by atomic mass is 10.1. The van der Waals surface area contributed by atoms with E-state index in [4.69, 9.17) is 4.74 Å². The summed E-state index contributed by atoms with van der Waals surface area (Å²) in [7, 11) is 0. The van der Waals surface area contributed by atoms with Gasteiger partial charge in [-0.05, 0) is 23.8 Å². The first kappa shape index (κ1) is 9.83. The monoisotopic (exact) mass is 207 g/mol. The minimum atomic E-state index is -0.564. The van der Waals surface area contributed by atoms with E-state index < -0.39 is 12.1 Å². The molecule has 1 aromatic heterocycles. The average molecular weight is 207 g/mol. The fourth-order valence-corrected chi connectivity index (χ4v) is 1.46. The number of ether oxygens (including phenoxy) is 1. The zero-order chi connectivity index (χ0) is 10.7. The summed E-state index contributed by atoms with van der Waals surface area (Å²) in [6, 6.07) is 2.89. The maximum atomic E-state index is 12.7. The molecule has 15 heavy (non-hydrogen) atoms. The Morgan fingerprint density at radius 3 is 3.20 bits per heavy atom. The van der Waals surface area contributed by atoms with E-state index in [0.29, 0.717) is 12.0 Å². The number of carbonyl (C=O) groups excluding carboxylic acids is 1. The molecule has 0 spiro atoms. The maximum Gasteiger partial charge on any atom is 0.213 e. The predicted octanol–water partition coefficient (Wildman–Crippen LogP) is 1.63. The van der Waals surface area contributed by atoms with Gasteiger partial charge >= 0.3 is 0 Å². The van der Waals surface area contributed by atoms with E-state index in [1.807, 2.05) is 0 Å². The Bertz CT molecular complexity index is 395. The lowest BCUT2D eigenvalue weighted by Crippen LogP contribution is -2.21. The van der Waals surface area contributed by atoms with Crippen LogP contribution in [0.15, 0.2) is 30.7 Å². The topological polar surface area (TPSA) is 39.2 Å². The first-order valence-electron chi connectivity index (χ1n) is 4.69. The van der Waals surface area contributed by atoms with Crippen molar-refractivity contribution in [1.82, 2.24) is 4.98 Å². The maximum absolute atomic E-state index is 12.7. The number of hydrogen-bond acceptors (Lipinski definition) is 3. The first-order valence-corrected chi connectivity index (χ1v) is 4.69. The van der Waals surface area contributed by atoms with E-state index in [9.17, 15) is 9.18 Å². The second-order valence-corrected chi connectivity index (χ2v) is 3.36. The van der Waals surface area contributed by atoms with Gasteiger partial charge in [-0.3, -0.25) is 4.79 Å². The molecular formula is C11H10FNO2. The summed E-state index contributed by atoms with van der Waals surface area (Å²) < 4.78 is 17.8. The highest BCUT2D eigenvalue weighted by Gasteiger charge is 2.20. The smallest absolute Gasteiger partial charge is 0.213 e. The minimum Gasteiger partial charge on any atom is -0.490 e. The van der Waals surface area contributed by atoms with Crippen LogP contribution in [-0.4, -0.2) is 16.9 Å². The summed E-state index contributed by atoms with van der Waals surface area (Å²) >= 11 is 0. The van der Waals surface area contributed by atoms with Gasteiger partial charge in [0.2, 0.25) is 5.95 Å². The Morgan fingerprint density at radius 1 is 1.67 bits per heavy atom. The Hall–Kier alpha value is -1.71. The van der Waals surface area contributed by atoms with Gasteiger partial charge in [-0.1, -0.05) is 0 Å². The van der Waals surface area contributed by atoms with E-state index in [2.05, 4.69) is 4.98 Å². The van der Waals surface area contributed by atoms with Crippen LogP contribution in [-0.2, 0) is 16.0 Å². The quantitative estimate of drug-likeness (QED) is 0.707. The number of pyridine rings is 1. The fraction of sp³-hybridized carbons (Fsp3) is 0.273. The predicted molar refractivity (Wildman–Crippen MR) is 51.5 cm³/mol. The van der Waals surface area contributed by atoms with E-state index in [1.165, 1.54) is 18.5 Å². The van der Waals surface area contributed by atoms with E-state index in [1.54, 1.807) is 12.1 Å². The molecule has 2 heterocycles. The van der Waals surface area contributed by atoms with Gasteiger partial charge in [-0.15, -0.1) is 0 Å². The van der Waals surface area contributed by atoms with Crippen molar-refractivity contribution >= 4 is 5.78 Å². The van der Waals surface area contributed by atoms with E-state index >= 15 is 0 Å². The molecule has 1 aromatic rings. The van der Waals surface area contributed by atoms with Gasteiger partial charge in [0, 0.05) is 19.0 Å². The Kier molecular flexibility index (Phi) is 2.76. The summed E-state index contributed by atoms with van der Waals surface area (Å²) in [4.78, 5) is 15.0. The minimum absolute atomic E-state index is 0.0365. The highest BCUT2D eigenvalue weighted by Crippen LogP contribution is 2.13. The average Bonchev–Trinajstić information content (AvgIpc) is 2.70. The number of aromatic nitrogens is 1. The number of Topliss-reactive ketones (excluding diaryl/α,β-unsaturated/α-hetero) is 1. The molecule has 0 aliphatic carbocycles. The highest BCUT2D eigenvalue weighted by atomic mass is 19.1. The van der Waals surface area contributed by atoms with Crippen molar-refractivity contribution in [2.45, 2.75) is 18.9 Å². The van der Waals surface area contributed by atoms with Crippen molar-refractivity contribution < 1.29 is 13.9 Å². The third-order valence-corrected chi connectivity index (χ3v) is 2.22. The molecule has 1 unspecified atom stereocenters. The largest absolute Gasteiger partial charge is 0.490 e. The zero-order valence-electron chi connectivity index (χ0n) is 8.02. The van der Waals surface area contributed by atoms with Gasteiger partial charge in [0.25, 0.3) is 0 Å². The Morgan fingerprint density at radius 2 is 2.53 bits per heavy atom. The van der Waals surface area contributed by atoms with Crippen LogP contribution in [0.1, 0.15) is 12.0 Å². The number of nitrogens with zero attached hydrogens (tertiary/aromatic N) is 1. The molecule has 0 saturated carbocycles. The molecule has 0 saturated heterocycles. The van der Waals surface area contributed by atoms with E-state index in [0.717, 1.165) is 0 Å². The van der Waals surface area contributed by atoms with Crippen LogP contribution in [0.4, 0.5) is 4.39 Å². The van der Waals surface area contributed by atoms with Gasteiger partial charge in [0.15, 0.2) is 11.9 Å². The molecule has 3 nitrogen and oxygen atoms in total. The van der Waals surface area contributed by atoms with Gasteiger partial charge in [0.05, 0.1) is 6.26 Å². The molecule has 1 aliphatic rings. The van der Waals surface area contributed by atoms with E-state index in [-0.39, 0.29) is 12.2 Å². The van der Waals surface area contributed by atoms with Gasteiger partial charge in [-0.25, -0.2) is 4.98 Å². The van der Waals surface area contributed by atoms with Crippen LogP contribution >= 0.6 is 0 Å². The van der Waals surface area contributed by atoms with Crippen molar-refractivity contribution in [3.8, 4) is 0 Å². The number of hydrogen-bond donors (Lipinski definition) is 0. The summed E-state index contributed by atoms with van der Waals surface area (Å²) in [5, 5.41) is 0. The molecule has 0 N–H and O–H groups in total. The van der Waals surface area contributed by atoms with Gasteiger partial charge in [0.1, 0.15) is 0 Å². The third-order valence-electron chi connectivity index (χ3n) is 2.22. The summed E-state index contributed by atoms with van der Waals surface area (Å²) in [5.74, 6) is -0.601. The van der Waals surface area contributed by atoms with Crippen molar-refractivity contribution in [3.05, 3.63) is 42.2 Å². The Balaban J connectivity index is 1.99. The lowest BCUT2D eigenvalue weighted by molar-refractivity contribution is -0.125. The molecule has 0 fully saturated rings. The molecule has 4 heteroatoms. The van der Waals surface area contributed by atoms with Crippen LogP contribution in [0.2, 0.25) is 0 Å². The van der Waals surface area contributed by atoms with Crippen LogP contribution in [0.25, 0.3) is 0 Å². The lowest BCUT2D eigenvalue weighted by Gasteiger charge is -2.08. The van der Waals surface area contributed by atoms with Crippen LogP contribution in [0, 0.1) is 5.95 Å². The van der Waals surface area contributed by atoms with Gasteiger partial charge < -0.3 is 4.74 Å².